The van der Waals surface area contributed by atoms with Crippen molar-refractivity contribution in [2.24, 2.45) is 0 Å². The number of ether oxygens (including phenoxy) is 1. The second-order valence-corrected chi connectivity index (χ2v) is 10.3. The zero-order chi connectivity index (χ0) is 22.3. The topological polar surface area (TPSA) is 98.0 Å². The summed E-state index contributed by atoms with van der Waals surface area (Å²) >= 11 is 7.42. The van der Waals surface area contributed by atoms with Crippen molar-refractivity contribution in [1.82, 2.24) is 13.7 Å². The third-order valence-electron chi connectivity index (χ3n) is 4.54. The number of aromatic nitrogens is 2. The second kappa shape index (κ2) is 8.04. The minimum Gasteiger partial charge on any atom is -0.456 e. The Morgan fingerprint density at radius 2 is 1.94 bits per heavy atom. The molecule has 4 aromatic rings. The summed E-state index contributed by atoms with van der Waals surface area (Å²) < 4.78 is 33.3. The summed E-state index contributed by atoms with van der Waals surface area (Å²) in [7, 11) is -0.977. The summed E-state index contributed by atoms with van der Waals surface area (Å²) in [6.07, 6.45) is 0. The number of halogens is 1. The van der Waals surface area contributed by atoms with E-state index in [1.54, 1.807) is 0 Å². The van der Waals surface area contributed by atoms with Crippen molar-refractivity contribution >= 4 is 54.1 Å². The zero-order valence-corrected chi connectivity index (χ0v) is 18.8. The number of fused-ring (bicyclic) bond motifs is 3. The molecule has 0 atom stereocenters. The lowest BCUT2D eigenvalue weighted by atomic mass is 10.2. The molecular weight excluding hydrogens is 462 g/mol. The summed E-state index contributed by atoms with van der Waals surface area (Å²) in [5.41, 5.74) is 0.655. The van der Waals surface area contributed by atoms with Gasteiger partial charge in [0, 0.05) is 20.2 Å². The molecule has 2 aromatic heterocycles. The van der Waals surface area contributed by atoms with E-state index in [1.165, 1.54) is 48.0 Å². The molecule has 0 aliphatic heterocycles. The number of carbonyl (C=O) groups is 1. The summed E-state index contributed by atoms with van der Waals surface area (Å²) in [6, 6.07) is 12.5. The fraction of sp³-hybridized carbons (Fsp3) is 0.150. The fourth-order valence-corrected chi connectivity index (χ4v) is 5.12. The van der Waals surface area contributed by atoms with Crippen molar-refractivity contribution in [2.45, 2.75) is 11.5 Å². The first-order valence-corrected chi connectivity index (χ1v) is 11.6. The van der Waals surface area contributed by atoms with Gasteiger partial charge >= 0.3 is 5.97 Å². The average molecular weight is 478 g/mol. The first-order valence-electron chi connectivity index (χ1n) is 8.98. The van der Waals surface area contributed by atoms with E-state index in [1.807, 2.05) is 24.3 Å². The van der Waals surface area contributed by atoms with Crippen LogP contribution in [0.15, 0.2) is 58.2 Å². The number of nitrogens with zero attached hydrogens (tertiary/aromatic N) is 3. The molecule has 0 spiro atoms. The average Bonchev–Trinajstić information content (AvgIpc) is 3.11. The van der Waals surface area contributed by atoms with Crippen LogP contribution in [0.1, 0.15) is 16.1 Å². The number of rotatable bonds is 5. The van der Waals surface area contributed by atoms with Crippen molar-refractivity contribution in [3.8, 4) is 0 Å². The highest BCUT2D eigenvalue weighted by Crippen LogP contribution is 2.25. The van der Waals surface area contributed by atoms with Crippen LogP contribution in [0, 0.1) is 0 Å². The first kappa shape index (κ1) is 21.4. The van der Waals surface area contributed by atoms with Gasteiger partial charge in [0.1, 0.15) is 6.61 Å². The lowest BCUT2D eigenvalue weighted by Crippen LogP contribution is -2.22. The van der Waals surface area contributed by atoms with Crippen LogP contribution in [0.25, 0.3) is 15.2 Å². The van der Waals surface area contributed by atoms with Gasteiger partial charge in [-0.3, -0.25) is 9.20 Å². The highest BCUT2D eigenvalue weighted by molar-refractivity contribution is 7.89. The van der Waals surface area contributed by atoms with E-state index in [-0.39, 0.29) is 33.3 Å². The summed E-state index contributed by atoms with van der Waals surface area (Å²) in [5, 5.41) is 0.0516. The van der Waals surface area contributed by atoms with Crippen LogP contribution in [-0.4, -0.2) is 42.2 Å². The largest absolute Gasteiger partial charge is 0.456 e. The monoisotopic (exact) mass is 477 g/mol. The van der Waals surface area contributed by atoms with E-state index in [2.05, 4.69) is 4.98 Å². The molecule has 0 fully saturated rings. The molecule has 0 N–H and O–H groups in total. The highest BCUT2D eigenvalue weighted by Gasteiger charge is 2.22. The number of para-hydroxylation sites is 1. The van der Waals surface area contributed by atoms with Gasteiger partial charge in [0.05, 0.1) is 31.4 Å². The van der Waals surface area contributed by atoms with E-state index in [9.17, 15) is 18.0 Å². The smallest absolute Gasteiger partial charge is 0.340 e. The molecule has 2 aromatic carbocycles. The van der Waals surface area contributed by atoms with Crippen molar-refractivity contribution in [1.29, 1.82) is 0 Å². The Balaban J connectivity index is 1.61. The van der Waals surface area contributed by atoms with E-state index >= 15 is 0 Å². The fourth-order valence-electron chi connectivity index (χ4n) is 2.95. The van der Waals surface area contributed by atoms with E-state index in [0.29, 0.717) is 4.96 Å². The molecule has 0 saturated heterocycles. The van der Waals surface area contributed by atoms with Gasteiger partial charge in [-0.15, -0.1) is 0 Å². The molecular formula is C20H16ClN3O5S2. The molecule has 31 heavy (non-hydrogen) atoms. The van der Waals surface area contributed by atoms with Crippen LogP contribution in [0.3, 0.4) is 0 Å². The normalized spacial score (nSPS) is 12.0. The Morgan fingerprint density at radius 3 is 2.68 bits per heavy atom. The van der Waals surface area contributed by atoms with Crippen LogP contribution in [-0.2, 0) is 21.4 Å². The standard InChI is InChI=1S/C20H16ClN3O5S2/c1-23(2)31(27,28)13-7-8-15(21)14(10-13)19(26)29-11-12-9-18(25)24-16-5-3-4-6-17(16)30-20(24)22-12/h3-10H,11H2,1-2H3. The number of hydrogen-bond donors (Lipinski definition) is 0. The van der Waals surface area contributed by atoms with Crippen molar-refractivity contribution < 1.29 is 17.9 Å². The Kier molecular flexibility index (Phi) is 5.56. The van der Waals surface area contributed by atoms with Crippen molar-refractivity contribution in [3.05, 3.63) is 75.2 Å². The lowest BCUT2D eigenvalue weighted by molar-refractivity contribution is 0.0467. The maximum atomic E-state index is 12.6. The summed E-state index contributed by atoms with van der Waals surface area (Å²) in [4.78, 5) is 29.9. The number of esters is 1. The molecule has 0 unspecified atom stereocenters. The molecule has 4 rings (SSSR count). The Labute approximate surface area is 186 Å². The van der Waals surface area contributed by atoms with Gasteiger partial charge in [-0.2, -0.15) is 0 Å². The first-order chi connectivity index (χ1) is 14.7. The van der Waals surface area contributed by atoms with Crippen molar-refractivity contribution in [2.75, 3.05) is 14.1 Å². The van der Waals surface area contributed by atoms with Crippen molar-refractivity contribution in [3.63, 3.8) is 0 Å². The highest BCUT2D eigenvalue weighted by atomic mass is 35.5. The van der Waals surface area contributed by atoms with Crippen LogP contribution in [0.2, 0.25) is 5.02 Å². The third-order valence-corrected chi connectivity index (χ3v) is 7.70. The van der Waals surface area contributed by atoms with Crippen LogP contribution >= 0.6 is 22.9 Å². The predicted octanol–water partition coefficient (Wildman–Crippen LogP) is 3.17. The minimum absolute atomic E-state index is 0.0516. The predicted molar refractivity (Wildman–Crippen MR) is 118 cm³/mol. The molecule has 0 aliphatic rings. The molecule has 160 valence electrons. The number of sulfonamides is 1. The van der Waals surface area contributed by atoms with Crippen LogP contribution in [0.4, 0.5) is 0 Å². The van der Waals surface area contributed by atoms with E-state index in [0.717, 1.165) is 20.6 Å². The van der Waals surface area contributed by atoms with Gasteiger partial charge < -0.3 is 4.74 Å². The van der Waals surface area contributed by atoms with Gasteiger partial charge in [0.25, 0.3) is 5.56 Å². The van der Waals surface area contributed by atoms with E-state index in [4.69, 9.17) is 16.3 Å². The number of benzene rings is 2. The molecule has 0 saturated carbocycles. The Bertz CT molecular complexity index is 1490. The van der Waals surface area contributed by atoms with Crippen LogP contribution in [0.5, 0.6) is 0 Å². The summed E-state index contributed by atoms with van der Waals surface area (Å²) in [5.74, 6) is -0.820. The Morgan fingerprint density at radius 1 is 1.19 bits per heavy atom. The molecule has 0 amide bonds. The second-order valence-electron chi connectivity index (χ2n) is 6.78. The van der Waals surface area contributed by atoms with Gasteiger partial charge in [0.15, 0.2) is 4.96 Å². The van der Waals surface area contributed by atoms with Gasteiger partial charge in [-0.25, -0.2) is 22.5 Å². The Hall–Kier alpha value is -2.79. The number of hydrogen-bond acceptors (Lipinski definition) is 7. The molecule has 8 nitrogen and oxygen atoms in total. The molecule has 2 heterocycles. The quantitative estimate of drug-likeness (QED) is 0.409. The number of thiazole rings is 1. The molecule has 0 radical (unpaired) electrons. The minimum atomic E-state index is -3.75. The van der Waals surface area contributed by atoms with Gasteiger partial charge in [0.2, 0.25) is 10.0 Å². The van der Waals surface area contributed by atoms with Gasteiger partial charge in [-0.1, -0.05) is 35.1 Å². The molecule has 11 heteroatoms. The van der Waals surface area contributed by atoms with Gasteiger partial charge in [-0.05, 0) is 30.3 Å². The maximum absolute atomic E-state index is 12.6. The zero-order valence-electron chi connectivity index (χ0n) is 16.4. The molecule has 0 bridgehead atoms. The molecule has 0 aliphatic carbocycles. The van der Waals surface area contributed by atoms with Crippen LogP contribution < -0.4 is 5.56 Å². The van der Waals surface area contributed by atoms with E-state index < -0.39 is 16.0 Å². The SMILES string of the molecule is CN(C)S(=O)(=O)c1ccc(Cl)c(C(=O)OCc2cc(=O)n3c(n2)sc2ccccc23)c1. The maximum Gasteiger partial charge on any atom is 0.340 e. The summed E-state index contributed by atoms with van der Waals surface area (Å²) in [6.45, 7) is -0.264. The lowest BCUT2D eigenvalue weighted by Gasteiger charge is -2.13. The third kappa shape index (κ3) is 3.94. The number of carbonyl (C=O) groups excluding carboxylic acids is 1.